The van der Waals surface area contributed by atoms with Gasteiger partial charge in [0.1, 0.15) is 18.1 Å². The van der Waals surface area contributed by atoms with Crippen LogP contribution in [0.15, 0.2) is 83.0 Å². The molecule has 0 radical (unpaired) electrons. The Labute approximate surface area is 199 Å². The Morgan fingerprint density at radius 2 is 1.48 bits per heavy atom. The normalized spacial score (nSPS) is 11.2. The van der Waals surface area contributed by atoms with Gasteiger partial charge in [-0.25, -0.2) is 0 Å². The molecule has 1 aromatic heterocycles. The van der Waals surface area contributed by atoms with Crippen molar-refractivity contribution < 1.29 is 19.4 Å². The molecule has 4 aromatic rings. The Morgan fingerprint density at radius 3 is 2.15 bits per heavy atom. The van der Waals surface area contributed by atoms with Crippen molar-refractivity contribution in [1.29, 1.82) is 0 Å². The van der Waals surface area contributed by atoms with Crippen molar-refractivity contribution in [1.82, 2.24) is 4.57 Å². The number of amides is 1. The highest BCUT2D eigenvalue weighted by Gasteiger charge is 2.17. The number of para-hydroxylation sites is 1. The first-order valence-electron chi connectivity index (χ1n) is 10.0. The zero-order valence-electron chi connectivity index (χ0n) is 17.3. The summed E-state index contributed by atoms with van der Waals surface area (Å²) in [4.78, 5) is 12.1. The molecule has 1 amide bonds. The number of aromatic hydroxyl groups is 1. The number of nitrogens with zero attached hydrogens (tertiary/aromatic N) is 3. The summed E-state index contributed by atoms with van der Waals surface area (Å²) in [6.45, 7) is 0.371. The van der Waals surface area contributed by atoms with Crippen LogP contribution in [0.25, 0.3) is 10.9 Å². The van der Waals surface area contributed by atoms with E-state index >= 15 is 0 Å². The van der Waals surface area contributed by atoms with Crippen molar-refractivity contribution in [3.8, 4) is 17.4 Å². The minimum absolute atomic E-state index is 0.105. The molecule has 0 fully saturated rings. The molecule has 0 aliphatic rings. The van der Waals surface area contributed by atoms with Gasteiger partial charge in [-0.15, -0.1) is 10.2 Å². The Bertz CT molecular complexity index is 1290. The monoisotopic (exact) mass is 483 g/mol. The second-order valence-electron chi connectivity index (χ2n) is 6.98. The van der Waals surface area contributed by atoms with Crippen molar-refractivity contribution in [3.05, 3.63) is 82.8 Å². The van der Waals surface area contributed by atoms with E-state index in [0.29, 0.717) is 40.1 Å². The van der Waals surface area contributed by atoms with Gasteiger partial charge in [0, 0.05) is 15.4 Å². The molecule has 1 heterocycles. The summed E-state index contributed by atoms with van der Waals surface area (Å²) in [5, 5.41) is 20.3. The predicted octanol–water partition coefficient (Wildman–Crippen LogP) is 6.42. The fraction of sp³-hybridized carbons (Fsp3) is 0.125. The molecule has 168 valence electrons. The maximum atomic E-state index is 12.1. The second-order valence-corrected chi connectivity index (χ2v) is 7.85. The van der Waals surface area contributed by atoms with Gasteiger partial charge in [-0.2, -0.15) is 0 Å². The Kier molecular flexibility index (Phi) is 7.12. The van der Waals surface area contributed by atoms with E-state index in [4.69, 9.17) is 32.7 Å². The van der Waals surface area contributed by atoms with Gasteiger partial charge in [0.05, 0.1) is 12.1 Å². The fourth-order valence-corrected chi connectivity index (χ4v) is 3.44. The van der Waals surface area contributed by atoms with E-state index in [1.807, 2.05) is 18.2 Å². The lowest BCUT2D eigenvalue weighted by molar-refractivity contribution is -0.120. The summed E-state index contributed by atoms with van der Waals surface area (Å²) in [5.41, 5.74) is 0.949. The Morgan fingerprint density at radius 1 is 0.879 bits per heavy atom. The van der Waals surface area contributed by atoms with Gasteiger partial charge in [0.15, 0.2) is 12.3 Å². The van der Waals surface area contributed by atoms with E-state index in [0.717, 1.165) is 5.52 Å². The summed E-state index contributed by atoms with van der Waals surface area (Å²) < 4.78 is 12.8. The van der Waals surface area contributed by atoms with Crippen molar-refractivity contribution in [2.24, 2.45) is 10.2 Å². The standard InChI is InChI=1S/C24H19Cl2N3O4/c25-16-5-9-18(10-6-16)32-14-13-29-21-4-2-1-3-20(21)23(24(29)31)28-27-22(30)15-33-19-11-7-17(26)8-12-19/h1-12,31H,13-15H2. The highest BCUT2D eigenvalue weighted by Crippen LogP contribution is 2.38. The molecule has 0 unspecified atom stereocenters. The van der Waals surface area contributed by atoms with E-state index < -0.39 is 5.91 Å². The first-order chi connectivity index (χ1) is 16.0. The van der Waals surface area contributed by atoms with Crippen molar-refractivity contribution in [3.63, 3.8) is 0 Å². The summed E-state index contributed by atoms with van der Waals surface area (Å²) in [7, 11) is 0. The average molecular weight is 484 g/mol. The molecular formula is C24H19Cl2N3O4. The molecule has 7 nitrogen and oxygen atoms in total. The van der Waals surface area contributed by atoms with Gasteiger partial charge in [-0.05, 0) is 54.6 Å². The second kappa shape index (κ2) is 10.4. The summed E-state index contributed by atoms with van der Waals surface area (Å²) in [6, 6.07) is 21.0. The quantitative estimate of drug-likeness (QED) is 0.293. The number of aromatic nitrogens is 1. The van der Waals surface area contributed by atoms with E-state index in [-0.39, 0.29) is 18.2 Å². The first kappa shape index (κ1) is 22.6. The first-order valence-corrected chi connectivity index (χ1v) is 10.8. The average Bonchev–Trinajstić information content (AvgIpc) is 3.09. The van der Waals surface area contributed by atoms with Crippen LogP contribution in [-0.2, 0) is 11.3 Å². The third-order valence-corrected chi connectivity index (χ3v) is 5.26. The number of hydrogen-bond acceptors (Lipinski definition) is 5. The third-order valence-electron chi connectivity index (χ3n) is 4.75. The number of carbonyl (C=O) groups is 1. The summed E-state index contributed by atoms with van der Waals surface area (Å²) >= 11 is 11.7. The van der Waals surface area contributed by atoms with Crippen LogP contribution in [0.1, 0.15) is 0 Å². The van der Waals surface area contributed by atoms with Crippen molar-refractivity contribution in [2.45, 2.75) is 6.54 Å². The smallest absolute Gasteiger partial charge is 0.302 e. The fourth-order valence-electron chi connectivity index (χ4n) is 3.19. The van der Waals surface area contributed by atoms with Crippen LogP contribution >= 0.6 is 23.2 Å². The Balaban J connectivity index is 1.45. The molecule has 0 aliphatic heterocycles. The van der Waals surface area contributed by atoms with Crippen molar-refractivity contribution in [2.75, 3.05) is 13.2 Å². The molecule has 3 aromatic carbocycles. The number of ether oxygens (including phenoxy) is 2. The molecule has 0 bridgehead atoms. The molecule has 9 heteroatoms. The van der Waals surface area contributed by atoms with Gasteiger partial charge in [0.25, 0.3) is 0 Å². The van der Waals surface area contributed by atoms with E-state index in [9.17, 15) is 9.90 Å². The van der Waals surface area contributed by atoms with Crippen LogP contribution in [0.3, 0.4) is 0 Å². The van der Waals surface area contributed by atoms with Crippen LogP contribution in [0.5, 0.6) is 17.4 Å². The molecule has 0 atom stereocenters. The lowest BCUT2D eigenvalue weighted by atomic mass is 10.2. The van der Waals surface area contributed by atoms with Gasteiger partial charge in [-0.1, -0.05) is 41.4 Å². The molecule has 33 heavy (non-hydrogen) atoms. The number of fused-ring (bicyclic) bond motifs is 1. The van der Waals surface area contributed by atoms with Crippen LogP contribution in [0, 0.1) is 0 Å². The number of azo groups is 1. The summed E-state index contributed by atoms with van der Waals surface area (Å²) in [5.74, 6) is 0.461. The number of carbonyl (C=O) groups excluding carboxylic acids is 1. The predicted molar refractivity (Wildman–Crippen MR) is 127 cm³/mol. The zero-order valence-corrected chi connectivity index (χ0v) is 18.8. The largest absolute Gasteiger partial charge is 0.493 e. The van der Waals surface area contributed by atoms with E-state index in [2.05, 4.69) is 10.2 Å². The van der Waals surface area contributed by atoms with Crippen LogP contribution < -0.4 is 9.47 Å². The van der Waals surface area contributed by atoms with Crippen LogP contribution in [0.4, 0.5) is 5.69 Å². The minimum atomic E-state index is -0.591. The highest BCUT2D eigenvalue weighted by molar-refractivity contribution is 6.30. The number of halogens is 2. The maximum Gasteiger partial charge on any atom is 0.302 e. The van der Waals surface area contributed by atoms with Gasteiger partial charge < -0.3 is 19.1 Å². The van der Waals surface area contributed by atoms with Crippen molar-refractivity contribution >= 4 is 45.7 Å². The lowest BCUT2D eigenvalue weighted by Gasteiger charge is -2.09. The third kappa shape index (κ3) is 5.63. The molecule has 4 rings (SSSR count). The number of benzene rings is 3. The molecular weight excluding hydrogens is 465 g/mol. The topological polar surface area (TPSA) is 85.4 Å². The molecule has 0 aliphatic carbocycles. The van der Waals surface area contributed by atoms with E-state index in [1.54, 1.807) is 59.2 Å². The number of rotatable bonds is 8. The van der Waals surface area contributed by atoms with Gasteiger partial charge in [0.2, 0.25) is 5.88 Å². The molecule has 0 saturated heterocycles. The molecule has 1 N–H and O–H groups in total. The lowest BCUT2D eigenvalue weighted by Crippen LogP contribution is -2.08. The number of hydrogen-bond donors (Lipinski definition) is 1. The highest BCUT2D eigenvalue weighted by atomic mass is 35.5. The Hall–Kier alpha value is -3.55. The SMILES string of the molecule is O=C(COc1ccc(Cl)cc1)N=Nc1c(O)n(CCOc2ccc(Cl)cc2)c2ccccc12. The molecule has 0 spiro atoms. The molecule has 0 saturated carbocycles. The van der Waals surface area contributed by atoms with Crippen LogP contribution in [-0.4, -0.2) is 28.8 Å². The van der Waals surface area contributed by atoms with Gasteiger partial charge >= 0.3 is 5.91 Å². The van der Waals surface area contributed by atoms with Gasteiger partial charge in [-0.3, -0.25) is 4.79 Å². The minimum Gasteiger partial charge on any atom is -0.493 e. The zero-order chi connectivity index (χ0) is 23.2. The van der Waals surface area contributed by atoms with Crippen LogP contribution in [0.2, 0.25) is 10.0 Å². The van der Waals surface area contributed by atoms with E-state index in [1.165, 1.54) is 0 Å². The maximum absolute atomic E-state index is 12.1. The summed E-state index contributed by atoms with van der Waals surface area (Å²) in [6.07, 6.45) is 0.